The van der Waals surface area contributed by atoms with Gasteiger partial charge in [0.25, 0.3) is 0 Å². The molecule has 2 rings (SSSR count). The predicted molar refractivity (Wildman–Crippen MR) is 69.6 cm³/mol. The van der Waals surface area contributed by atoms with Crippen LogP contribution in [0.25, 0.3) is 0 Å². The number of nitrogens with zero attached hydrogens (tertiary/aromatic N) is 2. The quantitative estimate of drug-likeness (QED) is 0.817. The van der Waals surface area contributed by atoms with Crippen LogP contribution >= 0.6 is 0 Å². The van der Waals surface area contributed by atoms with Crippen LogP contribution in [0, 0.1) is 0 Å². The predicted octanol–water partition coefficient (Wildman–Crippen LogP) is 0.838. The lowest BCUT2D eigenvalue weighted by Gasteiger charge is -2.20. The number of hydrogen-bond donors (Lipinski definition) is 1. The SMILES string of the molecule is COC(=O)c1ccc(N2CCC(C)(O)C2)nc1OC. The second-order valence-corrected chi connectivity index (χ2v) is 4.89. The lowest BCUT2D eigenvalue weighted by molar-refractivity contribution is 0.0596. The van der Waals surface area contributed by atoms with E-state index < -0.39 is 11.6 Å². The van der Waals surface area contributed by atoms with Gasteiger partial charge in [0.05, 0.1) is 19.8 Å². The van der Waals surface area contributed by atoms with E-state index in [9.17, 15) is 9.90 Å². The first kappa shape index (κ1) is 13.6. The third-order valence-electron chi connectivity index (χ3n) is 3.22. The largest absolute Gasteiger partial charge is 0.480 e. The number of ether oxygens (including phenoxy) is 2. The maximum atomic E-state index is 11.5. The fraction of sp³-hybridized carbons (Fsp3) is 0.538. The van der Waals surface area contributed by atoms with Crippen molar-refractivity contribution in [3.05, 3.63) is 17.7 Å². The van der Waals surface area contributed by atoms with E-state index in [0.29, 0.717) is 24.3 Å². The maximum absolute atomic E-state index is 11.5. The molecule has 6 nitrogen and oxygen atoms in total. The normalized spacial score (nSPS) is 22.4. The van der Waals surface area contributed by atoms with Gasteiger partial charge in [-0.1, -0.05) is 0 Å². The van der Waals surface area contributed by atoms with Gasteiger partial charge in [-0.2, -0.15) is 4.98 Å². The monoisotopic (exact) mass is 266 g/mol. The molecule has 1 saturated heterocycles. The zero-order valence-electron chi connectivity index (χ0n) is 11.3. The molecule has 1 aromatic heterocycles. The molecule has 1 atom stereocenters. The van der Waals surface area contributed by atoms with Gasteiger partial charge in [-0.15, -0.1) is 0 Å². The van der Waals surface area contributed by atoms with E-state index in [1.54, 1.807) is 19.1 Å². The summed E-state index contributed by atoms with van der Waals surface area (Å²) in [4.78, 5) is 17.8. The average Bonchev–Trinajstić information content (AvgIpc) is 2.77. The highest BCUT2D eigenvalue weighted by Gasteiger charge is 2.32. The minimum absolute atomic E-state index is 0.232. The molecule has 1 aromatic rings. The van der Waals surface area contributed by atoms with E-state index in [4.69, 9.17) is 4.74 Å². The smallest absolute Gasteiger partial charge is 0.343 e. The van der Waals surface area contributed by atoms with Gasteiger partial charge >= 0.3 is 5.97 Å². The minimum atomic E-state index is -0.698. The van der Waals surface area contributed by atoms with E-state index >= 15 is 0 Å². The van der Waals surface area contributed by atoms with Crippen molar-refractivity contribution in [3.8, 4) is 5.88 Å². The fourth-order valence-corrected chi connectivity index (χ4v) is 2.17. The first-order valence-electron chi connectivity index (χ1n) is 6.07. The number of carbonyl (C=O) groups excluding carboxylic acids is 1. The van der Waals surface area contributed by atoms with Crippen LogP contribution in [-0.4, -0.2) is 49.0 Å². The molecule has 104 valence electrons. The fourth-order valence-electron chi connectivity index (χ4n) is 2.17. The third-order valence-corrected chi connectivity index (χ3v) is 3.22. The summed E-state index contributed by atoms with van der Waals surface area (Å²) in [6, 6.07) is 3.36. The number of rotatable bonds is 3. The molecule has 0 saturated carbocycles. The van der Waals surface area contributed by atoms with Crippen LogP contribution in [0.15, 0.2) is 12.1 Å². The topological polar surface area (TPSA) is 71.9 Å². The number of β-amino-alcohol motifs (C(OH)–C–C–N with tert-alkyl or cyclic N) is 1. The Morgan fingerprint density at radius 1 is 1.47 bits per heavy atom. The lowest BCUT2D eigenvalue weighted by Crippen LogP contribution is -2.30. The van der Waals surface area contributed by atoms with Crippen molar-refractivity contribution >= 4 is 11.8 Å². The van der Waals surface area contributed by atoms with Gasteiger partial charge in [0.1, 0.15) is 11.4 Å². The number of anilines is 1. The molecule has 0 amide bonds. The number of pyridine rings is 1. The van der Waals surface area contributed by atoms with Crippen molar-refractivity contribution in [1.82, 2.24) is 4.98 Å². The molecule has 0 aliphatic carbocycles. The number of esters is 1. The average molecular weight is 266 g/mol. The van der Waals surface area contributed by atoms with E-state index in [1.807, 2.05) is 4.90 Å². The van der Waals surface area contributed by atoms with Crippen LogP contribution in [0.5, 0.6) is 5.88 Å². The molecule has 0 bridgehead atoms. The molecule has 6 heteroatoms. The summed E-state index contributed by atoms with van der Waals surface area (Å²) in [5.74, 6) is 0.433. The molecule has 1 aliphatic rings. The highest BCUT2D eigenvalue weighted by molar-refractivity contribution is 5.92. The van der Waals surface area contributed by atoms with Crippen molar-refractivity contribution in [1.29, 1.82) is 0 Å². The zero-order chi connectivity index (χ0) is 14.0. The van der Waals surface area contributed by atoms with Crippen LogP contribution in [0.1, 0.15) is 23.7 Å². The van der Waals surface area contributed by atoms with Crippen molar-refractivity contribution in [2.75, 3.05) is 32.2 Å². The minimum Gasteiger partial charge on any atom is -0.480 e. The highest BCUT2D eigenvalue weighted by Crippen LogP contribution is 2.28. The molecular formula is C13H18N2O4. The molecule has 1 aliphatic heterocycles. The van der Waals surface area contributed by atoms with Crippen LogP contribution < -0.4 is 9.64 Å². The summed E-state index contributed by atoms with van der Waals surface area (Å²) in [6.07, 6.45) is 0.690. The van der Waals surface area contributed by atoms with Gasteiger partial charge in [-0.05, 0) is 25.5 Å². The Balaban J connectivity index is 2.27. The molecule has 0 spiro atoms. The number of aliphatic hydroxyl groups is 1. The van der Waals surface area contributed by atoms with Gasteiger partial charge < -0.3 is 19.5 Å². The summed E-state index contributed by atoms with van der Waals surface area (Å²) in [5, 5.41) is 9.96. The highest BCUT2D eigenvalue weighted by atomic mass is 16.5. The van der Waals surface area contributed by atoms with Gasteiger partial charge in [-0.3, -0.25) is 0 Å². The molecule has 0 radical (unpaired) electrons. The first-order chi connectivity index (χ1) is 8.96. The van der Waals surface area contributed by atoms with Crippen molar-refractivity contribution < 1.29 is 19.4 Å². The first-order valence-corrected chi connectivity index (χ1v) is 6.07. The summed E-state index contributed by atoms with van der Waals surface area (Å²) in [5.41, 5.74) is -0.407. The maximum Gasteiger partial charge on any atom is 0.343 e. The zero-order valence-corrected chi connectivity index (χ0v) is 11.3. The molecule has 2 heterocycles. The van der Waals surface area contributed by atoms with Crippen LogP contribution in [0.4, 0.5) is 5.82 Å². The van der Waals surface area contributed by atoms with Crippen molar-refractivity contribution in [2.24, 2.45) is 0 Å². The molecular weight excluding hydrogens is 248 g/mol. The van der Waals surface area contributed by atoms with E-state index in [0.717, 1.165) is 6.54 Å². The Kier molecular flexibility index (Phi) is 3.61. The molecule has 1 N–H and O–H groups in total. The Morgan fingerprint density at radius 3 is 2.74 bits per heavy atom. The lowest BCUT2D eigenvalue weighted by atomic mass is 10.1. The number of aromatic nitrogens is 1. The number of methoxy groups -OCH3 is 2. The van der Waals surface area contributed by atoms with Gasteiger partial charge in [-0.25, -0.2) is 4.79 Å². The summed E-state index contributed by atoms with van der Waals surface area (Å²) in [7, 11) is 2.77. The third kappa shape index (κ3) is 2.78. The van der Waals surface area contributed by atoms with Crippen LogP contribution in [0.3, 0.4) is 0 Å². The van der Waals surface area contributed by atoms with Crippen LogP contribution in [-0.2, 0) is 4.74 Å². The molecule has 1 fully saturated rings. The molecule has 0 aromatic carbocycles. The van der Waals surface area contributed by atoms with E-state index in [-0.39, 0.29) is 5.88 Å². The summed E-state index contributed by atoms with van der Waals surface area (Å²) < 4.78 is 9.78. The Morgan fingerprint density at radius 2 is 2.21 bits per heavy atom. The second-order valence-electron chi connectivity index (χ2n) is 4.89. The number of carbonyl (C=O) groups is 1. The Labute approximate surface area is 112 Å². The summed E-state index contributed by atoms with van der Waals surface area (Å²) in [6.45, 7) is 3.04. The second kappa shape index (κ2) is 5.05. The van der Waals surface area contributed by atoms with Gasteiger partial charge in [0.15, 0.2) is 0 Å². The van der Waals surface area contributed by atoms with Crippen molar-refractivity contribution in [2.45, 2.75) is 18.9 Å². The van der Waals surface area contributed by atoms with Gasteiger partial charge in [0.2, 0.25) is 5.88 Å². The van der Waals surface area contributed by atoms with Crippen LogP contribution in [0.2, 0.25) is 0 Å². The van der Waals surface area contributed by atoms with Gasteiger partial charge in [0, 0.05) is 13.1 Å². The standard InChI is InChI=1S/C13H18N2O4/c1-13(17)6-7-15(8-13)10-5-4-9(12(16)19-3)11(14-10)18-2/h4-5,17H,6-8H2,1-3H3. The summed E-state index contributed by atoms with van der Waals surface area (Å²) >= 11 is 0. The molecule has 1 unspecified atom stereocenters. The van der Waals surface area contributed by atoms with Crippen molar-refractivity contribution in [3.63, 3.8) is 0 Å². The molecule has 19 heavy (non-hydrogen) atoms. The van der Waals surface area contributed by atoms with E-state index in [2.05, 4.69) is 9.72 Å². The Hall–Kier alpha value is -1.82. The van der Waals surface area contributed by atoms with E-state index in [1.165, 1.54) is 14.2 Å². The Bertz CT molecular complexity index is 488. The number of hydrogen-bond acceptors (Lipinski definition) is 6.